The Hall–Kier alpha value is -3.99. The molecule has 1 aliphatic carbocycles. The highest BCUT2D eigenvalue weighted by Crippen LogP contribution is 2.29. The van der Waals surface area contributed by atoms with Gasteiger partial charge in [0.25, 0.3) is 5.91 Å². The number of hydrazine groups is 1. The van der Waals surface area contributed by atoms with Crippen LogP contribution in [0.3, 0.4) is 0 Å². The summed E-state index contributed by atoms with van der Waals surface area (Å²) in [5, 5.41) is 14.4. The van der Waals surface area contributed by atoms with Crippen LogP contribution >= 0.6 is 0 Å². The molecule has 11 heteroatoms. The Morgan fingerprint density at radius 1 is 1.12 bits per heavy atom. The van der Waals surface area contributed by atoms with Crippen LogP contribution in [0.25, 0.3) is 10.9 Å². The molecule has 10 nitrogen and oxygen atoms in total. The average molecular weight is 551 g/mol. The van der Waals surface area contributed by atoms with Crippen LogP contribution in [0.2, 0.25) is 0 Å². The fraction of sp³-hybridized carbons (Fsp3) is 0.448. The second-order valence-corrected chi connectivity index (χ2v) is 11.5. The second kappa shape index (κ2) is 12.5. The standard InChI is InChI=1S/C29H39FN8O2/c1-29(2,3)25(28(40)33-16-18-12-14-20(15-13-18)26(35-31)36-32)34-27(39)23-21-10-7-11-22(30)24(21)38(37-23)17-19-8-5-4-6-9-19/h7,10-15,19,25H,4-6,8-9,16-17,31-32H2,1-3H3,(H,33,40)(H,34,39)(H,35,36). The Labute approximate surface area is 233 Å². The Kier molecular flexibility index (Phi) is 9.03. The lowest BCUT2D eigenvalue weighted by molar-refractivity contribution is -0.125. The van der Waals surface area contributed by atoms with E-state index in [1.165, 1.54) is 12.5 Å². The highest BCUT2D eigenvalue weighted by atomic mass is 19.1. The van der Waals surface area contributed by atoms with Crippen LogP contribution in [-0.2, 0) is 17.9 Å². The van der Waals surface area contributed by atoms with Gasteiger partial charge in [0.05, 0.1) is 0 Å². The van der Waals surface area contributed by atoms with Gasteiger partial charge < -0.3 is 21.9 Å². The average Bonchev–Trinajstić information content (AvgIpc) is 3.31. The molecule has 0 aliphatic heterocycles. The summed E-state index contributed by atoms with van der Waals surface area (Å²) in [6.45, 7) is 6.43. The van der Waals surface area contributed by atoms with Crippen molar-refractivity contribution >= 4 is 28.6 Å². The number of hydrogen-bond acceptors (Lipinski definition) is 6. The molecule has 0 bridgehead atoms. The second-order valence-electron chi connectivity index (χ2n) is 11.5. The van der Waals surface area contributed by atoms with Crippen LogP contribution in [0.4, 0.5) is 4.39 Å². The fourth-order valence-electron chi connectivity index (χ4n) is 5.25. The number of nitrogens with two attached hydrogens (primary N) is 2. The summed E-state index contributed by atoms with van der Waals surface area (Å²) >= 11 is 0. The number of hydrogen-bond donors (Lipinski definition) is 5. The molecule has 1 aromatic heterocycles. The number of amidine groups is 1. The molecule has 4 rings (SSSR count). The van der Waals surface area contributed by atoms with Gasteiger partial charge in [0, 0.05) is 24.0 Å². The zero-order chi connectivity index (χ0) is 28.9. The monoisotopic (exact) mass is 550 g/mol. The van der Waals surface area contributed by atoms with Crippen molar-refractivity contribution in [2.24, 2.45) is 28.1 Å². The van der Waals surface area contributed by atoms with Gasteiger partial charge in [-0.05, 0) is 35.8 Å². The molecular weight excluding hydrogens is 511 g/mol. The predicted octanol–water partition coefficient (Wildman–Crippen LogP) is 3.30. The molecule has 2 amide bonds. The first-order chi connectivity index (χ1) is 19.1. The molecule has 0 spiro atoms. The Morgan fingerprint density at radius 3 is 2.45 bits per heavy atom. The minimum atomic E-state index is -0.858. The highest BCUT2D eigenvalue weighted by molar-refractivity contribution is 6.06. The summed E-state index contributed by atoms with van der Waals surface area (Å²) < 4.78 is 16.6. The maximum absolute atomic E-state index is 14.9. The van der Waals surface area contributed by atoms with Gasteiger partial charge in [0.1, 0.15) is 17.4 Å². The summed E-state index contributed by atoms with van der Waals surface area (Å²) in [6, 6.07) is 11.0. The molecule has 1 unspecified atom stereocenters. The number of nitrogens with zero attached hydrogens (tertiary/aromatic N) is 3. The van der Waals surface area contributed by atoms with E-state index in [1.54, 1.807) is 28.9 Å². The third-order valence-corrected chi connectivity index (χ3v) is 7.46. The quantitative estimate of drug-likeness (QED) is 0.126. The first-order valence-corrected chi connectivity index (χ1v) is 13.7. The molecule has 1 atom stereocenters. The molecule has 40 heavy (non-hydrogen) atoms. The van der Waals surface area contributed by atoms with Gasteiger partial charge in [-0.3, -0.25) is 14.3 Å². The van der Waals surface area contributed by atoms with Crippen molar-refractivity contribution in [2.45, 2.75) is 72.0 Å². The van der Waals surface area contributed by atoms with Gasteiger partial charge >= 0.3 is 0 Å². The number of fused-ring (bicyclic) bond motifs is 1. The van der Waals surface area contributed by atoms with E-state index in [0.717, 1.165) is 31.2 Å². The van der Waals surface area contributed by atoms with Crippen molar-refractivity contribution in [3.63, 3.8) is 0 Å². The van der Waals surface area contributed by atoms with E-state index in [0.29, 0.717) is 34.8 Å². The zero-order valence-electron chi connectivity index (χ0n) is 23.3. The van der Waals surface area contributed by atoms with Crippen LogP contribution in [0.1, 0.15) is 74.5 Å². The first kappa shape index (κ1) is 29.0. The summed E-state index contributed by atoms with van der Waals surface area (Å²) in [5.41, 5.74) is 3.81. The van der Waals surface area contributed by atoms with Crippen molar-refractivity contribution in [2.75, 3.05) is 0 Å². The normalized spacial score (nSPS) is 15.6. The molecule has 7 N–H and O–H groups in total. The van der Waals surface area contributed by atoms with Crippen LogP contribution in [-0.4, -0.2) is 33.5 Å². The van der Waals surface area contributed by atoms with E-state index in [4.69, 9.17) is 11.7 Å². The Morgan fingerprint density at radius 2 is 1.82 bits per heavy atom. The maximum Gasteiger partial charge on any atom is 0.273 e. The number of hydrazone groups is 1. The fourth-order valence-corrected chi connectivity index (χ4v) is 5.25. The van der Waals surface area contributed by atoms with Crippen molar-refractivity contribution in [3.8, 4) is 0 Å². The largest absolute Gasteiger partial charge is 0.350 e. The Bertz CT molecular complexity index is 1370. The van der Waals surface area contributed by atoms with Crippen molar-refractivity contribution in [1.29, 1.82) is 0 Å². The van der Waals surface area contributed by atoms with Gasteiger partial charge in [-0.1, -0.05) is 76.4 Å². The van der Waals surface area contributed by atoms with E-state index in [1.807, 2.05) is 32.9 Å². The highest BCUT2D eigenvalue weighted by Gasteiger charge is 2.34. The number of aromatic nitrogens is 2. The number of para-hydroxylation sites is 1. The molecule has 214 valence electrons. The molecule has 3 aromatic rings. The van der Waals surface area contributed by atoms with Gasteiger partial charge in [0.15, 0.2) is 11.5 Å². The summed E-state index contributed by atoms with van der Waals surface area (Å²) in [6.07, 6.45) is 5.66. The summed E-state index contributed by atoms with van der Waals surface area (Å²) in [5.74, 6) is 10.2. The lowest BCUT2D eigenvalue weighted by atomic mass is 9.86. The van der Waals surface area contributed by atoms with E-state index < -0.39 is 23.2 Å². The van der Waals surface area contributed by atoms with Gasteiger partial charge in [0.2, 0.25) is 5.91 Å². The molecule has 2 aromatic carbocycles. The van der Waals surface area contributed by atoms with Crippen molar-refractivity contribution in [3.05, 3.63) is 65.1 Å². The van der Waals surface area contributed by atoms with Crippen LogP contribution in [0.15, 0.2) is 47.6 Å². The number of benzene rings is 2. The number of carbonyl (C=O) groups is 2. The topological polar surface area (TPSA) is 152 Å². The summed E-state index contributed by atoms with van der Waals surface area (Å²) in [4.78, 5) is 26.9. The number of nitrogens with one attached hydrogen (secondary N) is 3. The zero-order valence-corrected chi connectivity index (χ0v) is 23.3. The Balaban J connectivity index is 1.51. The van der Waals surface area contributed by atoms with Crippen LogP contribution < -0.4 is 27.7 Å². The third kappa shape index (κ3) is 6.59. The molecular formula is C29H39FN8O2. The molecule has 1 heterocycles. The molecule has 0 saturated heterocycles. The third-order valence-electron chi connectivity index (χ3n) is 7.46. The van der Waals surface area contributed by atoms with Crippen molar-refractivity contribution in [1.82, 2.24) is 25.8 Å². The van der Waals surface area contributed by atoms with E-state index >= 15 is 0 Å². The van der Waals surface area contributed by atoms with Crippen LogP contribution in [0.5, 0.6) is 0 Å². The van der Waals surface area contributed by atoms with Gasteiger partial charge in [-0.25, -0.2) is 10.2 Å². The van der Waals surface area contributed by atoms with E-state index in [-0.39, 0.29) is 18.1 Å². The minimum Gasteiger partial charge on any atom is -0.350 e. The maximum atomic E-state index is 14.9. The first-order valence-electron chi connectivity index (χ1n) is 13.7. The number of halogens is 1. The van der Waals surface area contributed by atoms with E-state index in [9.17, 15) is 14.0 Å². The molecule has 1 aliphatic rings. The van der Waals surface area contributed by atoms with Crippen LogP contribution in [0, 0.1) is 17.2 Å². The number of carbonyl (C=O) groups excluding carboxylic acids is 2. The SMILES string of the molecule is CC(C)(C)C(NC(=O)c1nn(CC2CCCCC2)c2c(F)cccc12)C(=O)NCc1ccc(/C(=N/N)NN)cc1. The smallest absolute Gasteiger partial charge is 0.273 e. The predicted molar refractivity (Wildman–Crippen MR) is 153 cm³/mol. The van der Waals surface area contributed by atoms with E-state index in [2.05, 4.69) is 26.3 Å². The lowest BCUT2D eigenvalue weighted by Gasteiger charge is -2.30. The molecule has 1 saturated carbocycles. The molecule has 0 radical (unpaired) electrons. The number of rotatable bonds is 8. The van der Waals surface area contributed by atoms with Gasteiger partial charge in [-0.2, -0.15) is 10.2 Å². The lowest BCUT2D eigenvalue weighted by Crippen LogP contribution is -2.53. The minimum absolute atomic E-state index is 0.119. The molecule has 1 fully saturated rings. The van der Waals surface area contributed by atoms with Crippen molar-refractivity contribution < 1.29 is 14.0 Å². The summed E-state index contributed by atoms with van der Waals surface area (Å²) in [7, 11) is 0. The van der Waals surface area contributed by atoms with Gasteiger partial charge in [-0.15, -0.1) is 0 Å². The number of amides is 2.